The van der Waals surface area contributed by atoms with E-state index in [1.807, 2.05) is 44.2 Å². The standard InChI is InChI=1S/C15H16BrClN2O2S/c1-15(2)11(19-12(17)10(16)13(19)20)14(21)18(22-15)8-9-6-4-3-5-7-9/h3-7,10-12H,8H2,1-2H3/t10-,11-,12-/m0/s1. The molecule has 22 heavy (non-hydrogen) atoms. The maximum absolute atomic E-state index is 12.8. The topological polar surface area (TPSA) is 40.6 Å². The fourth-order valence-corrected chi connectivity index (χ4v) is 4.93. The van der Waals surface area contributed by atoms with Crippen LogP contribution in [-0.2, 0) is 16.1 Å². The molecule has 0 N–H and O–H groups in total. The summed E-state index contributed by atoms with van der Waals surface area (Å²) in [6.45, 7) is 4.48. The van der Waals surface area contributed by atoms with Crippen LogP contribution in [0.25, 0.3) is 0 Å². The molecule has 1 aromatic carbocycles. The minimum Gasteiger partial charge on any atom is -0.310 e. The van der Waals surface area contributed by atoms with E-state index in [9.17, 15) is 9.59 Å². The first-order valence-corrected chi connectivity index (χ1v) is 9.10. The highest BCUT2D eigenvalue weighted by Crippen LogP contribution is 2.47. The van der Waals surface area contributed by atoms with Crippen LogP contribution in [0, 0.1) is 0 Å². The molecule has 0 unspecified atom stereocenters. The molecule has 2 heterocycles. The second kappa shape index (κ2) is 5.73. The highest BCUT2D eigenvalue weighted by molar-refractivity contribution is 9.10. The van der Waals surface area contributed by atoms with Crippen molar-refractivity contribution in [1.29, 1.82) is 0 Å². The van der Waals surface area contributed by atoms with E-state index in [4.69, 9.17) is 11.6 Å². The van der Waals surface area contributed by atoms with Gasteiger partial charge in [-0.05, 0) is 31.4 Å². The first kappa shape index (κ1) is 16.1. The zero-order valence-electron chi connectivity index (χ0n) is 12.2. The van der Waals surface area contributed by atoms with Crippen molar-refractivity contribution in [3.63, 3.8) is 0 Å². The van der Waals surface area contributed by atoms with Crippen LogP contribution in [0.15, 0.2) is 30.3 Å². The van der Waals surface area contributed by atoms with E-state index in [2.05, 4.69) is 15.9 Å². The molecule has 2 aliphatic rings. The third-order valence-electron chi connectivity index (χ3n) is 3.93. The number of likely N-dealkylation sites (tertiary alicyclic amines) is 1. The van der Waals surface area contributed by atoms with Crippen LogP contribution in [-0.4, -0.2) is 42.1 Å². The van der Waals surface area contributed by atoms with E-state index in [0.29, 0.717) is 6.54 Å². The van der Waals surface area contributed by atoms with E-state index in [1.54, 1.807) is 4.31 Å². The van der Waals surface area contributed by atoms with Crippen molar-refractivity contribution in [1.82, 2.24) is 9.21 Å². The first-order chi connectivity index (χ1) is 10.3. The summed E-state index contributed by atoms with van der Waals surface area (Å²) in [4.78, 5) is 26.0. The van der Waals surface area contributed by atoms with Crippen LogP contribution >= 0.6 is 39.5 Å². The minimum absolute atomic E-state index is 0.0581. The van der Waals surface area contributed by atoms with E-state index < -0.39 is 21.1 Å². The van der Waals surface area contributed by atoms with E-state index in [0.717, 1.165) is 5.56 Å². The predicted octanol–water partition coefficient (Wildman–Crippen LogP) is 2.99. The number of hydrogen-bond donors (Lipinski definition) is 0. The van der Waals surface area contributed by atoms with Crippen molar-refractivity contribution < 1.29 is 9.59 Å². The SMILES string of the molecule is CC1(C)SN(Cc2ccccc2)C(=O)[C@@H]1N1C(=O)[C@@H](Br)[C@H]1Cl. The molecule has 0 aliphatic carbocycles. The Kier molecular flexibility index (Phi) is 4.20. The Hall–Kier alpha value is -0.720. The van der Waals surface area contributed by atoms with Crippen molar-refractivity contribution in [2.45, 2.75) is 41.5 Å². The summed E-state index contributed by atoms with van der Waals surface area (Å²) < 4.78 is 1.33. The van der Waals surface area contributed by atoms with E-state index >= 15 is 0 Å². The van der Waals surface area contributed by atoms with Crippen LogP contribution in [0.3, 0.4) is 0 Å². The lowest BCUT2D eigenvalue weighted by Crippen LogP contribution is -2.67. The van der Waals surface area contributed by atoms with Gasteiger partial charge in [0.05, 0.1) is 11.3 Å². The van der Waals surface area contributed by atoms with Crippen LogP contribution in [0.2, 0.25) is 0 Å². The van der Waals surface area contributed by atoms with Gasteiger partial charge in [-0.15, -0.1) is 0 Å². The lowest BCUT2D eigenvalue weighted by Gasteiger charge is -2.46. The molecule has 0 saturated carbocycles. The molecule has 0 radical (unpaired) electrons. The number of β-lactam (4-membered cyclic amide) rings is 1. The van der Waals surface area contributed by atoms with Crippen molar-refractivity contribution in [2.24, 2.45) is 0 Å². The molecule has 7 heteroatoms. The number of amides is 2. The number of benzene rings is 1. The molecule has 1 aromatic rings. The molecular weight excluding hydrogens is 388 g/mol. The van der Waals surface area contributed by atoms with E-state index in [-0.39, 0.29) is 11.8 Å². The summed E-state index contributed by atoms with van der Waals surface area (Å²) in [5.74, 6) is -0.175. The second-order valence-electron chi connectivity index (χ2n) is 5.98. The zero-order valence-corrected chi connectivity index (χ0v) is 15.4. The summed E-state index contributed by atoms with van der Waals surface area (Å²) in [6.07, 6.45) is 0. The minimum atomic E-state index is -0.523. The molecule has 2 fully saturated rings. The Morgan fingerprint density at radius 1 is 1.23 bits per heavy atom. The normalized spacial score (nSPS) is 30.6. The maximum Gasteiger partial charge on any atom is 0.257 e. The molecular formula is C15H16BrClN2O2S. The molecule has 0 spiro atoms. The number of halogens is 2. The highest BCUT2D eigenvalue weighted by atomic mass is 79.9. The molecule has 2 aliphatic heterocycles. The van der Waals surface area contributed by atoms with Crippen molar-refractivity contribution in [2.75, 3.05) is 0 Å². The molecule has 2 amide bonds. The molecule has 118 valence electrons. The predicted molar refractivity (Wildman–Crippen MR) is 91.7 cm³/mol. The van der Waals surface area contributed by atoms with Gasteiger partial charge < -0.3 is 4.90 Å². The number of nitrogens with zero attached hydrogens (tertiary/aromatic N) is 2. The van der Waals surface area contributed by atoms with Gasteiger partial charge in [0.2, 0.25) is 5.91 Å². The number of rotatable bonds is 3. The third kappa shape index (κ3) is 2.55. The van der Waals surface area contributed by atoms with Gasteiger partial charge >= 0.3 is 0 Å². The number of carbonyl (C=O) groups excluding carboxylic acids is 2. The lowest BCUT2D eigenvalue weighted by atomic mass is 9.96. The average molecular weight is 404 g/mol. The fraction of sp³-hybridized carbons (Fsp3) is 0.467. The van der Waals surface area contributed by atoms with Crippen LogP contribution < -0.4 is 0 Å². The Morgan fingerprint density at radius 3 is 2.45 bits per heavy atom. The van der Waals surface area contributed by atoms with Gasteiger partial charge in [-0.3, -0.25) is 13.9 Å². The van der Waals surface area contributed by atoms with Gasteiger partial charge in [-0.1, -0.05) is 57.9 Å². The zero-order chi connectivity index (χ0) is 16.1. The Labute approximate surface area is 147 Å². The van der Waals surface area contributed by atoms with Gasteiger partial charge in [0, 0.05) is 0 Å². The van der Waals surface area contributed by atoms with Crippen molar-refractivity contribution in [3.8, 4) is 0 Å². The number of hydrogen-bond acceptors (Lipinski definition) is 3. The quantitative estimate of drug-likeness (QED) is 0.337. The monoisotopic (exact) mass is 402 g/mol. The van der Waals surface area contributed by atoms with E-state index in [1.165, 1.54) is 16.8 Å². The summed E-state index contributed by atoms with van der Waals surface area (Å²) in [7, 11) is 0. The summed E-state index contributed by atoms with van der Waals surface area (Å²) in [5, 5.41) is 0. The Balaban J connectivity index is 1.81. The van der Waals surface area contributed by atoms with Gasteiger partial charge in [-0.25, -0.2) is 0 Å². The lowest BCUT2D eigenvalue weighted by molar-refractivity contribution is -0.151. The fourth-order valence-electron chi connectivity index (χ4n) is 2.84. The smallest absolute Gasteiger partial charge is 0.257 e. The molecule has 3 atom stereocenters. The van der Waals surface area contributed by atoms with Gasteiger partial charge in [0.15, 0.2) is 0 Å². The van der Waals surface area contributed by atoms with Crippen molar-refractivity contribution in [3.05, 3.63) is 35.9 Å². The van der Waals surface area contributed by atoms with Gasteiger partial charge in [0.25, 0.3) is 5.91 Å². The summed E-state index contributed by atoms with van der Waals surface area (Å²) in [5.41, 5.74) is 0.591. The molecule has 2 saturated heterocycles. The first-order valence-electron chi connectivity index (χ1n) is 6.97. The molecule has 3 rings (SSSR count). The van der Waals surface area contributed by atoms with Crippen LogP contribution in [0.1, 0.15) is 19.4 Å². The van der Waals surface area contributed by atoms with Crippen LogP contribution in [0.4, 0.5) is 0 Å². The number of alkyl halides is 2. The Morgan fingerprint density at radius 2 is 1.86 bits per heavy atom. The van der Waals surface area contributed by atoms with Crippen molar-refractivity contribution >= 4 is 51.3 Å². The average Bonchev–Trinajstić information content (AvgIpc) is 2.71. The van der Waals surface area contributed by atoms with Gasteiger partial charge in [-0.2, -0.15) is 0 Å². The Bertz CT molecular complexity index is 613. The maximum atomic E-state index is 12.8. The highest BCUT2D eigenvalue weighted by Gasteiger charge is 2.59. The molecule has 0 aromatic heterocycles. The largest absolute Gasteiger partial charge is 0.310 e. The van der Waals surface area contributed by atoms with Crippen LogP contribution in [0.5, 0.6) is 0 Å². The second-order valence-corrected chi connectivity index (χ2v) is 9.09. The third-order valence-corrected chi connectivity index (χ3v) is 6.81. The van der Waals surface area contributed by atoms with Gasteiger partial charge in [0.1, 0.15) is 16.4 Å². The summed E-state index contributed by atoms with van der Waals surface area (Å²) >= 11 is 10.9. The summed E-state index contributed by atoms with van der Waals surface area (Å²) in [6, 6.07) is 9.30. The number of carbonyl (C=O) groups is 2. The molecule has 0 bridgehead atoms. The molecule has 4 nitrogen and oxygen atoms in total.